The van der Waals surface area contributed by atoms with Crippen molar-refractivity contribution in [2.24, 2.45) is 0 Å². The van der Waals surface area contributed by atoms with Crippen molar-refractivity contribution in [2.45, 2.75) is 31.1 Å². The van der Waals surface area contributed by atoms with Gasteiger partial charge in [-0.3, -0.25) is 0 Å². The molecule has 1 atom stereocenters. The highest BCUT2D eigenvalue weighted by Gasteiger charge is 2.20. The molecule has 3 rings (SSSR count). The molecular weight excluding hydrogens is 348 g/mol. The summed E-state index contributed by atoms with van der Waals surface area (Å²) in [5.41, 5.74) is 4.03. The lowest BCUT2D eigenvalue weighted by Crippen LogP contribution is -2.16. The fourth-order valence-corrected chi connectivity index (χ4v) is 3.67. The first kappa shape index (κ1) is 14.9. The Labute approximate surface area is 139 Å². The van der Waals surface area contributed by atoms with E-state index in [0.29, 0.717) is 11.8 Å². The standard InChI is InChI=1S/C18H18BrClO/c19-17-10-13(11-20)8-9-18(17)21-12-15-6-3-5-14-4-1-2-7-16(14)15/h1-2,4,7-10,15H,3,5-6,11-12H2. The summed E-state index contributed by atoms with van der Waals surface area (Å²) >= 11 is 9.41. The molecule has 0 amide bonds. The van der Waals surface area contributed by atoms with E-state index in [2.05, 4.69) is 40.2 Å². The fraction of sp³-hybridized carbons (Fsp3) is 0.333. The van der Waals surface area contributed by atoms with Crippen molar-refractivity contribution >= 4 is 27.5 Å². The largest absolute Gasteiger partial charge is 0.492 e. The van der Waals surface area contributed by atoms with E-state index in [1.165, 1.54) is 30.4 Å². The van der Waals surface area contributed by atoms with Crippen molar-refractivity contribution in [1.82, 2.24) is 0 Å². The van der Waals surface area contributed by atoms with E-state index < -0.39 is 0 Å². The molecule has 2 aromatic carbocycles. The van der Waals surface area contributed by atoms with Crippen LogP contribution in [0.4, 0.5) is 0 Å². The first-order chi connectivity index (χ1) is 10.3. The van der Waals surface area contributed by atoms with Crippen molar-refractivity contribution in [3.8, 4) is 5.75 Å². The van der Waals surface area contributed by atoms with Crippen LogP contribution in [-0.2, 0) is 12.3 Å². The van der Waals surface area contributed by atoms with Crippen LogP contribution in [0.2, 0.25) is 0 Å². The molecule has 110 valence electrons. The molecule has 0 aliphatic heterocycles. The predicted octanol–water partition coefficient (Wildman–Crippen LogP) is 5.69. The number of alkyl halides is 1. The second kappa shape index (κ2) is 6.85. The third kappa shape index (κ3) is 3.44. The maximum absolute atomic E-state index is 6.04. The Hall–Kier alpha value is -0.990. The highest BCUT2D eigenvalue weighted by molar-refractivity contribution is 9.10. The number of ether oxygens (including phenoxy) is 1. The lowest BCUT2D eigenvalue weighted by atomic mass is 9.83. The number of fused-ring (bicyclic) bond motifs is 1. The second-order valence-corrected chi connectivity index (χ2v) is 6.62. The number of hydrogen-bond donors (Lipinski definition) is 0. The summed E-state index contributed by atoms with van der Waals surface area (Å²) in [5, 5.41) is 0. The molecule has 0 saturated heterocycles. The molecule has 1 nitrogen and oxygen atoms in total. The Morgan fingerprint density at radius 1 is 1.19 bits per heavy atom. The number of hydrogen-bond acceptors (Lipinski definition) is 1. The van der Waals surface area contributed by atoms with Crippen LogP contribution in [0.5, 0.6) is 5.75 Å². The van der Waals surface area contributed by atoms with Gasteiger partial charge in [-0.05, 0) is 64.0 Å². The first-order valence-corrected chi connectivity index (χ1v) is 8.65. The summed E-state index contributed by atoms with van der Waals surface area (Å²) in [5.74, 6) is 1.91. The average molecular weight is 366 g/mol. The Morgan fingerprint density at radius 3 is 2.86 bits per heavy atom. The third-order valence-electron chi connectivity index (χ3n) is 4.08. The Kier molecular flexibility index (Phi) is 4.87. The van der Waals surface area contributed by atoms with Crippen molar-refractivity contribution in [3.63, 3.8) is 0 Å². The minimum atomic E-state index is 0.495. The first-order valence-electron chi connectivity index (χ1n) is 7.33. The normalized spacial score (nSPS) is 17.3. The van der Waals surface area contributed by atoms with Gasteiger partial charge in [0.15, 0.2) is 0 Å². The van der Waals surface area contributed by atoms with Crippen molar-refractivity contribution < 1.29 is 4.74 Å². The molecule has 0 spiro atoms. The van der Waals surface area contributed by atoms with Gasteiger partial charge >= 0.3 is 0 Å². The molecule has 0 bridgehead atoms. The summed E-state index contributed by atoms with van der Waals surface area (Å²) in [6, 6.07) is 14.8. The van der Waals surface area contributed by atoms with Gasteiger partial charge in [0.25, 0.3) is 0 Å². The molecule has 21 heavy (non-hydrogen) atoms. The van der Waals surface area contributed by atoms with Crippen LogP contribution in [0.3, 0.4) is 0 Å². The van der Waals surface area contributed by atoms with Gasteiger partial charge in [0.1, 0.15) is 5.75 Å². The molecule has 0 aromatic heterocycles. The number of rotatable bonds is 4. The van der Waals surface area contributed by atoms with Crippen molar-refractivity contribution in [1.29, 1.82) is 0 Å². The van der Waals surface area contributed by atoms with Crippen LogP contribution >= 0.6 is 27.5 Å². The number of aryl methyl sites for hydroxylation is 1. The molecule has 1 unspecified atom stereocenters. The Bertz CT molecular complexity index is 626. The molecular formula is C18H18BrClO. The van der Waals surface area contributed by atoms with E-state index in [-0.39, 0.29) is 0 Å². The molecule has 0 saturated carbocycles. The summed E-state index contributed by atoms with van der Waals surface area (Å²) in [6.45, 7) is 0.732. The molecule has 0 N–H and O–H groups in total. The predicted molar refractivity (Wildman–Crippen MR) is 91.3 cm³/mol. The Morgan fingerprint density at radius 2 is 2.05 bits per heavy atom. The van der Waals surface area contributed by atoms with Gasteiger partial charge in [0, 0.05) is 11.8 Å². The zero-order chi connectivity index (χ0) is 14.7. The monoisotopic (exact) mass is 364 g/mol. The molecule has 3 heteroatoms. The summed E-state index contributed by atoms with van der Waals surface area (Å²) < 4.78 is 7.02. The maximum Gasteiger partial charge on any atom is 0.133 e. The zero-order valence-electron chi connectivity index (χ0n) is 11.8. The minimum absolute atomic E-state index is 0.495. The molecule has 1 aliphatic rings. The van der Waals surface area contributed by atoms with E-state index in [1.54, 1.807) is 0 Å². The highest BCUT2D eigenvalue weighted by Crippen LogP contribution is 2.33. The highest BCUT2D eigenvalue weighted by atomic mass is 79.9. The number of halogens is 2. The van der Waals surface area contributed by atoms with Crippen LogP contribution in [0, 0.1) is 0 Å². The summed E-state index contributed by atoms with van der Waals surface area (Å²) in [6.07, 6.45) is 3.65. The van der Waals surface area contributed by atoms with Gasteiger partial charge in [0.05, 0.1) is 11.1 Å². The van der Waals surface area contributed by atoms with Crippen LogP contribution in [0.25, 0.3) is 0 Å². The third-order valence-corrected chi connectivity index (χ3v) is 5.01. The zero-order valence-corrected chi connectivity index (χ0v) is 14.2. The fourth-order valence-electron chi connectivity index (χ4n) is 2.96. The lowest BCUT2D eigenvalue weighted by molar-refractivity contribution is 0.273. The van der Waals surface area contributed by atoms with Crippen LogP contribution in [0.1, 0.15) is 35.4 Å². The second-order valence-electron chi connectivity index (χ2n) is 5.50. The van der Waals surface area contributed by atoms with Gasteiger partial charge in [-0.1, -0.05) is 30.3 Å². The Balaban J connectivity index is 1.71. The SMILES string of the molecule is ClCc1ccc(OCC2CCCc3ccccc32)c(Br)c1. The topological polar surface area (TPSA) is 9.23 Å². The van der Waals surface area contributed by atoms with E-state index in [0.717, 1.165) is 22.4 Å². The van der Waals surface area contributed by atoms with E-state index in [4.69, 9.17) is 16.3 Å². The average Bonchev–Trinajstić information content (AvgIpc) is 2.53. The van der Waals surface area contributed by atoms with Gasteiger partial charge in [-0.25, -0.2) is 0 Å². The molecule has 0 heterocycles. The van der Waals surface area contributed by atoms with Gasteiger partial charge in [-0.15, -0.1) is 11.6 Å². The van der Waals surface area contributed by atoms with E-state index >= 15 is 0 Å². The van der Waals surface area contributed by atoms with Crippen LogP contribution in [0.15, 0.2) is 46.9 Å². The lowest BCUT2D eigenvalue weighted by Gasteiger charge is -2.25. The van der Waals surface area contributed by atoms with Crippen molar-refractivity contribution in [2.75, 3.05) is 6.61 Å². The van der Waals surface area contributed by atoms with Crippen molar-refractivity contribution in [3.05, 3.63) is 63.6 Å². The minimum Gasteiger partial charge on any atom is -0.492 e. The number of benzene rings is 2. The quantitative estimate of drug-likeness (QED) is 0.633. The van der Waals surface area contributed by atoms with E-state index in [9.17, 15) is 0 Å². The summed E-state index contributed by atoms with van der Waals surface area (Å²) in [4.78, 5) is 0. The smallest absolute Gasteiger partial charge is 0.133 e. The maximum atomic E-state index is 6.04. The molecule has 2 aromatic rings. The molecule has 0 fully saturated rings. The van der Waals surface area contributed by atoms with Gasteiger partial charge in [-0.2, -0.15) is 0 Å². The van der Waals surface area contributed by atoms with Crippen LogP contribution in [-0.4, -0.2) is 6.61 Å². The van der Waals surface area contributed by atoms with E-state index in [1.807, 2.05) is 18.2 Å². The summed E-state index contributed by atoms with van der Waals surface area (Å²) in [7, 11) is 0. The molecule has 0 radical (unpaired) electrons. The van der Waals surface area contributed by atoms with Crippen LogP contribution < -0.4 is 4.74 Å². The van der Waals surface area contributed by atoms with Gasteiger partial charge < -0.3 is 4.74 Å². The van der Waals surface area contributed by atoms with Gasteiger partial charge in [0.2, 0.25) is 0 Å². The molecule has 1 aliphatic carbocycles.